The maximum atomic E-state index is 12.5. The number of nitro groups is 2. The molecule has 108 heavy (non-hydrogen) atoms. The van der Waals surface area contributed by atoms with Crippen LogP contribution in [0.15, 0.2) is 113 Å². The molecule has 0 saturated carbocycles. The predicted octanol–water partition coefficient (Wildman–Crippen LogP) is 9.64. The summed E-state index contributed by atoms with van der Waals surface area (Å²) in [4.78, 5) is 90.6. The summed E-state index contributed by atoms with van der Waals surface area (Å²) in [5.41, 5.74) is 21.5. The second kappa shape index (κ2) is 47.8. The molecule has 4 fully saturated rings. The van der Waals surface area contributed by atoms with Crippen molar-refractivity contribution in [3.8, 4) is 0 Å². The van der Waals surface area contributed by atoms with E-state index in [2.05, 4.69) is 42.8 Å². The Morgan fingerprint density at radius 3 is 1.23 bits per heavy atom. The Bertz CT molecular complexity index is 3830. The number of thiophene rings is 2. The van der Waals surface area contributed by atoms with E-state index in [1.165, 1.54) is 35.0 Å². The van der Waals surface area contributed by atoms with Crippen molar-refractivity contribution < 1.29 is 48.0 Å². The minimum atomic E-state index is -0.417. The van der Waals surface area contributed by atoms with Crippen molar-refractivity contribution in [2.24, 2.45) is 22.4 Å². The van der Waals surface area contributed by atoms with Crippen LogP contribution in [-0.2, 0) is 63.8 Å². The number of halogens is 2. The maximum absolute atomic E-state index is 12.5. The Kier molecular flexibility index (Phi) is 39.0. The minimum absolute atomic E-state index is 0. The number of hydrogen-bond donors (Lipinski definition) is 6. The number of ether oxygens (including phenoxy) is 4. The van der Waals surface area contributed by atoms with Gasteiger partial charge < -0.3 is 55.3 Å². The highest BCUT2D eigenvalue weighted by molar-refractivity contribution is 14.0. The molecule has 10 N–H and O–H groups in total. The zero-order chi connectivity index (χ0) is 76.3. The lowest BCUT2D eigenvalue weighted by atomic mass is 10.00. The Hall–Kier alpha value is -7.13. The van der Waals surface area contributed by atoms with Crippen LogP contribution >= 0.6 is 70.0 Å². The number of amides is 4. The number of amidine groups is 1. The van der Waals surface area contributed by atoms with Gasteiger partial charge in [0.1, 0.15) is 10.9 Å². The number of aryl methyl sites for hydroxylation is 4. The number of hydrogen-bond acceptors (Lipinski definition) is 24. The topological polar surface area (TPSA) is 366 Å². The van der Waals surface area contributed by atoms with Crippen molar-refractivity contribution in [1.82, 2.24) is 20.0 Å². The molecule has 0 radical (unpaired) electrons. The van der Waals surface area contributed by atoms with Crippen molar-refractivity contribution in [1.29, 1.82) is 5.41 Å². The fourth-order valence-electron chi connectivity index (χ4n) is 13.2. The summed E-state index contributed by atoms with van der Waals surface area (Å²) in [6.07, 6.45) is 10.2. The molecule has 33 heteroatoms. The first kappa shape index (κ1) is 88.1. The number of non-ortho nitro benzene ring substituents is 2. The van der Waals surface area contributed by atoms with E-state index < -0.39 is 4.92 Å². The van der Waals surface area contributed by atoms with E-state index in [0.717, 1.165) is 225 Å². The molecule has 2 aromatic heterocycles. The Morgan fingerprint density at radius 2 is 0.880 bits per heavy atom. The summed E-state index contributed by atoms with van der Waals surface area (Å²) < 4.78 is 21.1. The van der Waals surface area contributed by atoms with Gasteiger partial charge in [-0.3, -0.25) is 71.2 Å². The molecule has 8 aliphatic heterocycles. The van der Waals surface area contributed by atoms with Gasteiger partial charge in [0.25, 0.3) is 11.4 Å². The number of benzene rings is 4. The van der Waals surface area contributed by atoms with Crippen molar-refractivity contribution in [2.45, 2.75) is 77.0 Å². The number of aliphatic imine (C=N–C) groups is 1. The van der Waals surface area contributed by atoms with Crippen LogP contribution in [0.25, 0.3) is 0 Å². The fourth-order valence-corrected chi connectivity index (χ4v) is 15.2. The molecule has 0 atom stereocenters. The van der Waals surface area contributed by atoms with Gasteiger partial charge in [-0.15, -0.1) is 70.0 Å². The monoisotopic (exact) mass is 1680 g/mol. The quantitative estimate of drug-likeness (QED) is 0.00605. The Balaban J connectivity index is 0.000000188. The number of hydrazine groups is 1. The highest BCUT2D eigenvalue weighted by Gasteiger charge is 2.30. The second-order valence-corrected chi connectivity index (χ2v) is 28.9. The van der Waals surface area contributed by atoms with Gasteiger partial charge in [-0.1, -0.05) is 12.1 Å². The molecule has 0 spiro atoms. The predicted molar refractivity (Wildman–Crippen MR) is 444 cm³/mol. The summed E-state index contributed by atoms with van der Waals surface area (Å²) >= 11 is 10.3. The molecule has 4 amide bonds. The summed E-state index contributed by atoms with van der Waals surface area (Å²) in [5.74, 6) is 9.63. The minimum Gasteiger partial charge on any atom is -0.399 e. The van der Waals surface area contributed by atoms with Crippen LogP contribution in [0.3, 0.4) is 0 Å². The Morgan fingerprint density at radius 1 is 0.519 bits per heavy atom. The highest BCUT2D eigenvalue weighted by atomic mass is 127. The van der Waals surface area contributed by atoms with E-state index in [1.54, 1.807) is 56.7 Å². The van der Waals surface area contributed by atoms with E-state index >= 15 is 0 Å². The van der Waals surface area contributed by atoms with Gasteiger partial charge in [0.2, 0.25) is 23.6 Å². The van der Waals surface area contributed by atoms with E-state index in [0.29, 0.717) is 74.8 Å². The summed E-state index contributed by atoms with van der Waals surface area (Å²) in [5, 5.41) is 36.8. The first-order valence-corrected chi connectivity index (χ1v) is 40.0. The Labute approximate surface area is 666 Å². The standard InChI is InChI=1S/C21H26N4O2S.C16H21N3O4.C16H23N3O2.C12H13ClN2O3.C6H7NS2.C4H9NO.HI.H4N2/c22-21(19-3-1-14-28-19)23-17-5-6-18-16(15-17)4-7-20(26)25(18)9-2-8-24-10-12-27-13-11-24;20-16-5-2-13-12-14(19(21)22)3-4-15(13)18(16)7-1-6-17-8-10-23-11-9-17;17-14-3-4-15-13(12-14)2-5-16(20)19(15)7-1-6-18-8-10-21-11-9-18;13-6-1-7-14-11-4-3-10(15(17)18)8-9(11)2-5-12(14)16;1-8-6(7)5-3-2-4-9-5;1-3-6-4-2-5-1;;1-2/h1,3,5-6,14-15H,2,4,7-13H2,(H2,22,23);3-4,12H,1-2,5-11H2;3-4,12H,1-2,5-11,17H2;3-4,8H,1-2,5-7H2;2-4,7H,1H3;5H,1-4H2;1H;1-2H2. The van der Waals surface area contributed by atoms with Crippen LogP contribution < -0.4 is 48.1 Å². The van der Waals surface area contributed by atoms with Gasteiger partial charge in [0.15, 0.2) is 0 Å². The van der Waals surface area contributed by atoms with Crippen molar-refractivity contribution in [3.05, 3.63) is 160 Å². The number of fused-ring (bicyclic) bond motifs is 4. The first-order chi connectivity index (χ1) is 52.1. The van der Waals surface area contributed by atoms with Crippen molar-refractivity contribution >= 4 is 150 Å². The smallest absolute Gasteiger partial charge is 0.269 e. The van der Waals surface area contributed by atoms with Gasteiger partial charge in [-0.2, -0.15) is 0 Å². The summed E-state index contributed by atoms with van der Waals surface area (Å²) in [7, 11) is 0. The molecule has 4 saturated heterocycles. The van der Waals surface area contributed by atoms with Crippen LogP contribution in [0.4, 0.5) is 45.5 Å². The van der Waals surface area contributed by atoms with Crippen LogP contribution in [0.2, 0.25) is 0 Å². The number of rotatable bonds is 20. The zero-order valence-corrected chi connectivity index (χ0v) is 67.1. The molecule has 6 aromatic rings. The number of nitrogen functional groups attached to an aromatic ring is 1. The average Bonchev–Trinajstić information content (AvgIpc) is 0.853. The van der Waals surface area contributed by atoms with E-state index in [4.69, 9.17) is 47.4 Å². The number of morpholine rings is 4. The normalized spacial score (nSPS) is 17.2. The summed E-state index contributed by atoms with van der Waals surface area (Å²) in [6.45, 7) is 20.2. The number of alkyl halides is 1. The third-order valence-corrected chi connectivity index (χ3v) is 21.5. The van der Waals surface area contributed by atoms with E-state index in [-0.39, 0.29) is 63.9 Å². The number of nitro benzene ring substituents is 2. The largest absolute Gasteiger partial charge is 0.399 e. The molecule has 4 aromatic carbocycles. The van der Waals surface area contributed by atoms with Crippen LogP contribution in [0.5, 0.6) is 0 Å². The molecule has 28 nitrogen and oxygen atoms in total. The number of thioether (sulfide) groups is 1. The second-order valence-electron chi connectivity index (χ2n) is 25.8. The number of anilines is 5. The molecule has 14 rings (SSSR count). The van der Waals surface area contributed by atoms with Crippen molar-refractivity contribution in [2.75, 3.05) is 188 Å². The zero-order valence-electron chi connectivity index (χ0n) is 61.5. The van der Waals surface area contributed by atoms with Gasteiger partial charge in [0.05, 0.1) is 78.1 Å². The van der Waals surface area contributed by atoms with Crippen LogP contribution in [0, 0.1) is 25.6 Å². The van der Waals surface area contributed by atoms with Gasteiger partial charge >= 0.3 is 0 Å². The lowest BCUT2D eigenvalue weighted by Crippen LogP contribution is -2.40. The number of carbonyl (C=O) groups excluding carboxylic acids is 4. The molecular formula is C75H104ClIN16O12S3. The average molecular weight is 1680 g/mol. The van der Waals surface area contributed by atoms with Gasteiger partial charge in [0, 0.05) is 182 Å². The van der Waals surface area contributed by atoms with Crippen LogP contribution in [0.1, 0.15) is 83.4 Å². The van der Waals surface area contributed by atoms with Crippen molar-refractivity contribution in [3.63, 3.8) is 0 Å². The summed E-state index contributed by atoms with van der Waals surface area (Å²) in [6, 6.07) is 29.2. The lowest BCUT2D eigenvalue weighted by molar-refractivity contribution is -0.385. The fraction of sp³-hybridized carbons (Fsp3) is 0.493. The van der Waals surface area contributed by atoms with Gasteiger partial charge in [-0.25, -0.2) is 4.99 Å². The van der Waals surface area contributed by atoms with Gasteiger partial charge in [-0.05, 0) is 151 Å². The van der Waals surface area contributed by atoms with E-state index in [9.17, 15) is 39.4 Å². The molecular weight excluding hydrogens is 1580 g/mol. The number of nitrogens with one attached hydrogen (secondary N) is 2. The van der Waals surface area contributed by atoms with E-state index in [1.807, 2.05) is 81.4 Å². The lowest BCUT2D eigenvalue weighted by Gasteiger charge is -2.31. The first-order valence-electron chi connectivity index (χ1n) is 36.5. The number of carbonyl (C=O) groups is 4. The maximum Gasteiger partial charge on any atom is 0.269 e. The number of nitrogens with zero attached hydrogens (tertiary/aromatic N) is 10. The third-order valence-electron chi connectivity index (χ3n) is 18.7. The molecule has 588 valence electrons. The molecule has 8 aliphatic rings. The highest BCUT2D eigenvalue weighted by Crippen LogP contribution is 2.35. The molecule has 0 aliphatic carbocycles. The SMILES string of the molecule is C1COCCN1.CSC(=N)c1cccs1.I.NC(=Nc1ccc2c(c1)CCC(=O)N2CCCN1CCOCC1)c1cccs1.NN.Nc1ccc2c(c1)CCC(=O)N2CCCN1CCOCC1.O=C1CCc2cc([N+](=O)[O-])ccc2N1CCCCl.O=C1CCc2cc([N+](=O)[O-])ccc2N1CCCN1CCOCC1. The molecule has 10 heterocycles. The van der Waals surface area contributed by atoms with Crippen LogP contribution in [-0.4, -0.2) is 222 Å². The molecule has 0 unspecified atom stereocenters. The number of nitrogens with two attached hydrogens (primary N) is 4. The third kappa shape index (κ3) is 27.7. The molecule has 0 bridgehead atoms.